The first-order chi connectivity index (χ1) is 11.1. The van der Waals surface area contributed by atoms with Gasteiger partial charge in [-0.25, -0.2) is 0 Å². The van der Waals surface area contributed by atoms with Crippen molar-refractivity contribution in [1.29, 1.82) is 0 Å². The molecule has 0 saturated carbocycles. The van der Waals surface area contributed by atoms with Crippen LogP contribution < -0.4 is 5.32 Å². The van der Waals surface area contributed by atoms with Gasteiger partial charge in [-0.15, -0.1) is 0 Å². The SMILES string of the molecule is CCNC(=NCC(CC)(CC)CCO)N1CCC(COCC)C1. The predicted molar refractivity (Wildman–Crippen MR) is 96.9 cm³/mol. The minimum absolute atomic E-state index is 0.125. The van der Waals surface area contributed by atoms with E-state index in [1.54, 1.807) is 0 Å². The summed E-state index contributed by atoms with van der Waals surface area (Å²) in [6.07, 6.45) is 4.11. The van der Waals surface area contributed by atoms with E-state index in [1.807, 2.05) is 0 Å². The van der Waals surface area contributed by atoms with Crippen molar-refractivity contribution < 1.29 is 9.84 Å². The molecule has 1 atom stereocenters. The lowest BCUT2D eigenvalue weighted by molar-refractivity contribution is 0.114. The molecule has 23 heavy (non-hydrogen) atoms. The van der Waals surface area contributed by atoms with Gasteiger partial charge in [-0.1, -0.05) is 13.8 Å². The zero-order valence-corrected chi connectivity index (χ0v) is 15.6. The molecule has 1 fully saturated rings. The number of aliphatic hydroxyl groups excluding tert-OH is 1. The molecule has 0 aliphatic carbocycles. The van der Waals surface area contributed by atoms with Crippen LogP contribution in [0.15, 0.2) is 4.99 Å². The number of rotatable bonds is 10. The summed E-state index contributed by atoms with van der Waals surface area (Å²) in [5.41, 5.74) is 0.125. The van der Waals surface area contributed by atoms with Crippen molar-refractivity contribution in [2.45, 2.75) is 53.4 Å². The molecular formula is C18H37N3O2. The second-order valence-electron chi connectivity index (χ2n) is 6.61. The van der Waals surface area contributed by atoms with Crippen LogP contribution in [0.3, 0.4) is 0 Å². The quantitative estimate of drug-likeness (QED) is 0.478. The fourth-order valence-electron chi connectivity index (χ4n) is 3.26. The van der Waals surface area contributed by atoms with Crippen molar-refractivity contribution in [3.8, 4) is 0 Å². The molecule has 5 nitrogen and oxygen atoms in total. The number of aliphatic imine (C=N–C) groups is 1. The summed E-state index contributed by atoms with van der Waals surface area (Å²) in [6, 6.07) is 0. The number of guanidine groups is 1. The van der Waals surface area contributed by atoms with Gasteiger partial charge in [0.25, 0.3) is 0 Å². The van der Waals surface area contributed by atoms with Gasteiger partial charge in [0.15, 0.2) is 5.96 Å². The van der Waals surface area contributed by atoms with Crippen molar-refractivity contribution in [3.63, 3.8) is 0 Å². The Morgan fingerprint density at radius 2 is 2.04 bits per heavy atom. The van der Waals surface area contributed by atoms with E-state index in [2.05, 4.69) is 37.9 Å². The summed E-state index contributed by atoms with van der Waals surface area (Å²) >= 11 is 0. The molecule has 0 aromatic rings. The highest BCUT2D eigenvalue weighted by atomic mass is 16.5. The molecule has 1 heterocycles. The van der Waals surface area contributed by atoms with Gasteiger partial charge in [0.05, 0.1) is 6.61 Å². The number of nitrogens with one attached hydrogen (secondary N) is 1. The number of likely N-dealkylation sites (tertiary alicyclic amines) is 1. The first kappa shape index (κ1) is 20.2. The first-order valence-electron chi connectivity index (χ1n) is 9.36. The van der Waals surface area contributed by atoms with E-state index in [0.717, 1.165) is 64.6 Å². The monoisotopic (exact) mass is 327 g/mol. The van der Waals surface area contributed by atoms with Gasteiger partial charge in [-0.3, -0.25) is 4.99 Å². The van der Waals surface area contributed by atoms with Crippen LogP contribution in [0, 0.1) is 11.3 Å². The van der Waals surface area contributed by atoms with Crippen molar-refractivity contribution >= 4 is 5.96 Å². The second kappa shape index (κ2) is 10.9. The molecule has 1 aliphatic rings. The molecule has 0 radical (unpaired) electrons. The van der Waals surface area contributed by atoms with E-state index in [0.29, 0.717) is 5.92 Å². The summed E-state index contributed by atoms with van der Waals surface area (Å²) in [5, 5.41) is 12.8. The van der Waals surface area contributed by atoms with Gasteiger partial charge in [-0.05, 0) is 44.9 Å². The molecule has 2 N–H and O–H groups in total. The van der Waals surface area contributed by atoms with Gasteiger partial charge in [0, 0.05) is 45.3 Å². The summed E-state index contributed by atoms with van der Waals surface area (Å²) in [7, 11) is 0. The molecule has 0 aromatic carbocycles. The molecule has 5 heteroatoms. The van der Waals surface area contributed by atoms with Crippen LogP contribution in [0.5, 0.6) is 0 Å². The Hall–Kier alpha value is -0.810. The maximum absolute atomic E-state index is 9.37. The van der Waals surface area contributed by atoms with Crippen LogP contribution in [-0.2, 0) is 4.74 Å². The molecule has 1 rings (SSSR count). The standard InChI is InChI=1S/C18H37N3O2/c1-5-18(6-2,10-12-22)15-20-17(19-7-3)21-11-9-16(13-21)14-23-8-4/h16,22H,5-15H2,1-4H3,(H,19,20). The number of hydrogen-bond acceptors (Lipinski definition) is 3. The smallest absolute Gasteiger partial charge is 0.193 e. The molecule has 0 aromatic heterocycles. The van der Waals surface area contributed by atoms with Crippen LogP contribution >= 0.6 is 0 Å². The lowest BCUT2D eigenvalue weighted by Gasteiger charge is -2.30. The maximum Gasteiger partial charge on any atom is 0.193 e. The number of hydrogen-bond donors (Lipinski definition) is 2. The van der Waals surface area contributed by atoms with E-state index in [-0.39, 0.29) is 12.0 Å². The molecule has 1 unspecified atom stereocenters. The zero-order valence-electron chi connectivity index (χ0n) is 15.6. The van der Waals surface area contributed by atoms with Gasteiger partial charge >= 0.3 is 0 Å². The highest BCUT2D eigenvalue weighted by Gasteiger charge is 2.28. The molecule has 0 spiro atoms. The molecule has 136 valence electrons. The largest absolute Gasteiger partial charge is 0.396 e. The lowest BCUT2D eigenvalue weighted by Crippen LogP contribution is -2.41. The van der Waals surface area contributed by atoms with Gasteiger partial charge < -0.3 is 20.1 Å². The van der Waals surface area contributed by atoms with E-state index < -0.39 is 0 Å². The Balaban J connectivity index is 2.69. The maximum atomic E-state index is 9.37. The Morgan fingerprint density at radius 1 is 1.30 bits per heavy atom. The Morgan fingerprint density at radius 3 is 2.61 bits per heavy atom. The van der Waals surface area contributed by atoms with E-state index in [1.165, 1.54) is 6.42 Å². The van der Waals surface area contributed by atoms with Crippen LogP contribution in [-0.4, -0.2) is 62.0 Å². The van der Waals surface area contributed by atoms with Crippen LogP contribution in [0.2, 0.25) is 0 Å². The minimum Gasteiger partial charge on any atom is -0.396 e. The van der Waals surface area contributed by atoms with E-state index >= 15 is 0 Å². The highest BCUT2D eigenvalue weighted by Crippen LogP contribution is 2.31. The van der Waals surface area contributed by atoms with Crippen LogP contribution in [0.4, 0.5) is 0 Å². The highest BCUT2D eigenvalue weighted by molar-refractivity contribution is 5.80. The Kier molecular flexibility index (Phi) is 9.56. The van der Waals surface area contributed by atoms with Crippen molar-refractivity contribution in [2.75, 3.05) is 46.0 Å². The lowest BCUT2D eigenvalue weighted by atomic mass is 9.79. The molecule has 0 bridgehead atoms. The fraction of sp³-hybridized carbons (Fsp3) is 0.944. The number of nitrogens with zero attached hydrogens (tertiary/aromatic N) is 2. The van der Waals surface area contributed by atoms with Gasteiger partial charge in [0.1, 0.15) is 0 Å². The average Bonchev–Trinajstić information content (AvgIpc) is 3.04. The van der Waals surface area contributed by atoms with Crippen molar-refractivity contribution in [3.05, 3.63) is 0 Å². The fourth-order valence-corrected chi connectivity index (χ4v) is 3.26. The third-order valence-corrected chi connectivity index (χ3v) is 5.18. The summed E-state index contributed by atoms with van der Waals surface area (Å²) in [4.78, 5) is 7.29. The summed E-state index contributed by atoms with van der Waals surface area (Å²) < 4.78 is 5.57. The Labute approximate surface area is 142 Å². The van der Waals surface area contributed by atoms with Gasteiger partial charge in [-0.2, -0.15) is 0 Å². The van der Waals surface area contributed by atoms with Crippen molar-refractivity contribution in [1.82, 2.24) is 10.2 Å². The minimum atomic E-state index is 0.125. The van der Waals surface area contributed by atoms with Crippen LogP contribution in [0.25, 0.3) is 0 Å². The molecule has 1 saturated heterocycles. The summed E-state index contributed by atoms with van der Waals surface area (Å²) in [6.45, 7) is 14.2. The zero-order chi connectivity index (χ0) is 17.1. The molecular weight excluding hydrogens is 290 g/mol. The molecule has 1 aliphatic heterocycles. The number of ether oxygens (including phenoxy) is 1. The predicted octanol–water partition coefficient (Wildman–Crippen LogP) is 2.50. The normalized spacial score (nSPS) is 19.4. The van der Waals surface area contributed by atoms with E-state index in [4.69, 9.17) is 9.73 Å². The summed E-state index contributed by atoms with van der Waals surface area (Å²) in [5.74, 6) is 1.63. The Bertz CT molecular complexity index is 343. The molecule has 0 amide bonds. The third kappa shape index (κ3) is 6.30. The van der Waals surface area contributed by atoms with Crippen LogP contribution in [0.1, 0.15) is 53.4 Å². The van der Waals surface area contributed by atoms with Crippen molar-refractivity contribution in [2.24, 2.45) is 16.3 Å². The average molecular weight is 328 g/mol. The topological polar surface area (TPSA) is 57.1 Å². The first-order valence-corrected chi connectivity index (χ1v) is 9.36. The third-order valence-electron chi connectivity index (χ3n) is 5.18. The second-order valence-corrected chi connectivity index (χ2v) is 6.61. The number of aliphatic hydroxyl groups is 1. The van der Waals surface area contributed by atoms with E-state index in [9.17, 15) is 5.11 Å². The van der Waals surface area contributed by atoms with Gasteiger partial charge in [0.2, 0.25) is 0 Å².